The lowest BCUT2D eigenvalue weighted by Gasteiger charge is -2.36. The molecule has 80 valence electrons. The van der Waals surface area contributed by atoms with Gasteiger partial charge in [-0.25, -0.2) is 0 Å². The summed E-state index contributed by atoms with van der Waals surface area (Å²) in [5.41, 5.74) is 5.59. The summed E-state index contributed by atoms with van der Waals surface area (Å²) in [6, 6.07) is 0.695. The van der Waals surface area contributed by atoms with Gasteiger partial charge in [0.2, 0.25) is 0 Å². The highest BCUT2D eigenvalue weighted by molar-refractivity contribution is 4.76. The Morgan fingerprint density at radius 1 is 1.31 bits per heavy atom. The van der Waals surface area contributed by atoms with Crippen molar-refractivity contribution in [2.75, 3.05) is 13.3 Å². The van der Waals surface area contributed by atoms with E-state index in [1.54, 1.807) is 0 Å². The van der Waals surface area contributed by atoms with Crippen molar-refractivity contribution in [2.24, 2.45) is 11.7 Å². The summed E-state index contributed by atoms with van der Waals surface area (Å²) in [5.74, 6) is 0.561. The van der Waals surface area contributed by atoms with Crippen molar-refractivity contribution in [3.8, 4) is 0 Å². The van der Waals surface area contributed by atoms with Crippen molar-refractivity contribution < 1.29 is 5.11 Å². The first-order valence-corrected chi connectivity index (χ1v) is 5.15. The molecule has 13 heavy (non-hydrogen) atoms. The van der Waals surface area contributed by atoms with Crippen molar-refractivity contribution in [1.82, 2.24) is 4.90 Å². The largest absolute Gasteiger partial charge is 0.381 e. The summed E-state index contributed by atoms with van der Waals surface area (Å²) in [6.07, 6.45) is 1.06. The Morgan fingerprint density at radius 2 is 1.85 bits per heavy atom. The summed E-state index contributed by atoms with van der Waals surface area (Å²) in [6.45, 7) is 9.27. The van der Waals surface area contributed by atoms with Crippen LogP contribution in [0.4, 0.5) is 0 Å². The van der Waals surface area contributed by atoms with Crippen LogP contribution < -0.4 is 5.73 Å². The van der Waals surface area contributed by atoms with Crippen molar-refractivity contribution in [2.45, 2.75) is 46.2 Å². The Morgan fingerprint density at radius 3 is 2.08 bits per heavy atom. The number of hydrogen-bond donors (Lipinski definition) is 2. The Hall–Kier alpha value is -0.120. The fraction of sp³-hybridized carbons (Fsp3) is 1.00. The second-order valence-corrected chi connectivity index (χ2v) is 3.96. The molecule has 0 amide bonds. The van der Waals surface area contributed by atoms with Gasteiger partial charge in [-0.2, -0.15) is 0 Å². The van der Waals surface area contributed by atoms with E-state index in [1.807, 2.05) is 0 Å². The van der Waals surface area contributed by atoms with Crippen LogP contribution in [0.15, 0.2) is 0 Å². The molecule has 0 spiro atoms. The van der Waals surface area contributed by atoms with Crippen molar-refractivity contribution >= 4 is 0 Å². The van der Waals surface area contributed by atoms with Gasteiger partial charge in [-0.15, -0.1) is 0 Å². The van der Waals surface area contributed by atoms with Crippen molar-refractivity contribution in [1.29, 1.82) is 0 Å². The fourth-order valence-corrected chi connectivity index (χ4v) is 1.80. The molecule has 0 bridgehead atoms. The van der Waals surface area contributed by atoms with Crippen LogP contribution in [0.2, 0.25) is 0 Å². The van der Waals surface area contributed by atoms with E-state index in [9.17, 15) is 5.11 Å². The van der Waals surface area contributed by atoms with Crippen LogP contribution in [0.3, 0.4) is 0 Å². The normalized spacial score (nSPS) is 16.6. The lowest BCUT2D eigenvalue weighted by Crippen LogP contribution is -2.47. The average Bonchev–Trinajstić information content (AvgIpc) is 2.12. The standard InChI is InChI=1S/C10H24N2O/c1-5-10(8(2)3)12(7-13)9(4)6-11/h8-10,13H,5-7,11H2,1-4H3. The number of aliphatic hydroxyl groups is 1. The second kappa shape index (κ2) is 6.35. The van der Waals surface area contributed by atoms with Crippen LogP contribution in [-0.2, 0) is 0 Å². The number of nitrogens with zero attached hydrogens (tertiary/aromatic N) is 1. The molecule has 0 aromatic carbocycles. The molecule has 3 N–H and O–H groups in total. The van der Waals surface area contributed by atoms with Gasteiger partial charge in [0.1, 0.15) is 0 Å². The maximum atomic E-state index is 9.25. The van der Waals surface area contributed by atoms with E-state index >= 15 is 0 Å². The molecule has 0 aromatic rings. The van der Waals surface area contributed by atoms with Crippen LogP contribution in [0, 0.1) is 5.92 Å². The third-order valence-electron chi connectivity index (χ3n) is 2.68. The topological polar surface area (TPSA) is 49.5 Å². The average molecular weight is 188 g/mol. The number of rotatable bonds is 6. The fourth-order valence-electron chi connectivity index (χ4n) is 1.80. The maximum absolute atomic E-state index is 9.25. The van der Waals surface area contributed by atoms with Gasteiger partial charge in [0.05, 0.1) is 6.73 Å². The molecule has 0 radical (unpaired) electrons. The predicted octanol–water partition coefficient (Wildman–Crippen LogP) is 1.02. The molecule has 2 atom stereocenters. The van der Waals surface area contributed by atoms with E-state index in [0.29, 0.717) is 18.5 Å². The highest BCUT2D eigenvalue weighted by atomic mass is 16.3. The zero-order valence-corrected chi connectivity index (χ0v) is 9.33. The quantitative estimate of drug-likeness (QED) is 0.612. The zero-order valence-electron chi connectivity index (χ0n) is 9.33. The summed E-state index contributed by atoms with van der Waals surface area (Å²) in [5, 5.41) is 9.25. The Balaban J connectivity index is 4.33. The lowest BCUT2D eigenvalue weighted by molar-refractivity contribution is 0.0184. The van der Waals surface area contributed by atoms with Crippen LogP contribution in [-0.4, -0.2) is 35.4 Å². The lowest BCUT2D eigenvalue weighted by atomic mass is 9.99. The minimum absolute atomic E-state index is 0.106. The SMILES string of the molecule is CCC(C(C)C)N(CO)C(C)CN. The molecular weight excluding hydrogens is 164 g/mol. The van der Waals surface area contributed by atoms with E-state index in [0.717, 1.165) is 6.42 Å². The zero-order chi connectivity index (χ0) is 10.4. The van der Waals surface area contributed by atoms with Gasteiger partial charge in [-0.05, 0) is 19.3 Å². The highest BCUT2D eigenvalue weighted by Gasteiger charge is 2.22. The van der Waals surface area contributed by atoms with E-state index < -0.39 is 0 Å². The van der Waals surface area contributed by atoms with Gasteiger partial charge >= 0.3 is 0 Å². The van der Waals surface area contributed by atoms with Crippen molar-refractivity contribution in [3.63, 3.8) is 0 Å². The molecule has 0 aliphatic carbocycles. The maximum Gasteiger partial charge on any atom is 0.0961 e. The molecule has 0 aliphatic heterocycles. The van der Waals surface area contributed by atoms with Gasteiger partial charge < -0.3 is 10.8 Å². The van der Waals surface area contributed by atoms with E-state index in [2.05, 4.69) is 32.6 Å². The summed E-state index contributed by atoms with van der Waals surface area (Å²) < 4.78 is 0. The van der Waals surface area contributed by atoms with Gasteiger partial charge in [0.25, 0.3) is 0 Å². The Labute approximate surface area is 81.9 Å². The molecule has 0 saturated heterocycles. The molecule has 0 fully saturated rings. The number of nitrogens with two attached hydrogens (primary N) is 1. The van der Waals surface area contributed by atoms with Gasteiger partial charge in [-0.3, -0.25) is 4.90 Å². The van der Waals surface area contributed by atoms with E-state index in [1.165, 1.54) is 0 Å². The molecule has 0 aromatic heterocycles. The summed E-state index contributed by atoms with van der Waals surface area (Å²) in [7, 11) is 0. The Bertz CT molecular complexity index is 128. The molecule has 0 saturated carbocycles. The minimum Gasteiger partial charge on any atom is -0.381 e. The summed E-state index contributed by atoms with van der Waals surface area (Å²) in [4.78, 5) is 2.07. The Kier molecular flexibility index (Phi) is 6.29. The molecule has 0 aliphatic rings. The number of aliphatic hydroxyl groups excluding tert-OH is 1. The van der Waals surface area contributed by atoms with E-state index in [-0.39, 0.29) is 12.8 Å². The van der Waals surface area contributed by atoms with Gasteiger partial charge in [0.15, 0.2) is 0 Å². The number of hydrogen-bond acceptors (Lipinski definition) is 3. The van der Waals surface area contributed by atoms with Crippen LogP contribution in [0.25, 0.3) is 0 Å². The molecule has 2 unspecified atom stereocenters. The minimum atomic E-state index is 0.106. The monoisotopic (exact) mass is 188 g/mol. The second-order valence-electron chi connectivity index (χ2n) is 3.96. The highest BCUT2D eigenvalue weighted by Crippen LogP contribution is 2.16. The molecule has 3 heteroatoms. The first-order chi connectivity index (χ1) is 6.08. The van der Waals surface area contributed by atoms with Crippen LogP contribution in [0.1, 0.15) is 34.1 Å². The molecule has 0 rings (SSSR count). The predicted molar refractivity (Wildman–Crippen MR) is 56.4 cm³/mol. The van der Waals surface area contributed by atoms with Gasteiger partial charge in [-0.1, -0.05) is 20.8 Å². The first-order valence-electron chi connectivity index (χ1n) is 5.15. The smallest absolute Gasteiger partial charge is 0.0961 e. The third kappa shape index (κ3) is 3.63. The van der Waals surface area contributed by atoms with E-state index in [4.69, 9.17) is 5.73 Å². The first kappa shape index (κ1) is 12.9. The summed E-state index contributed by atoms with van der Waals surface area (Å²) >= 11 is 0. The molecular formula is C10H24N2O. The third-order valence-corrected chi connectivity index (χ3v) is 2.68. The van der Waals surface area contributed by atoms with Crippen LogP contribution >= 0.6 is 0 Å². The van der Waals surface area contributed by atoms with Gasteiger partial charge in [0, 0.05) is 18.6 Å². The molecule has 0 heterocycles. The molecule has 3 nitrogen and oxygen atoms in total. The van der Waals surface area contributed by atoms with Crippen LogP contribution in [0.5, 0.6) is 0 Å². The van der Waals surface area contributed by atoms with Crippen molar-refractivity contribution in [3.05, 3.63) is 0 Å².